The zero-order chi connectivity index (χ0) is 20.3. The molecule has 0 bridgehead atoms. The number of halogens is 2. The number of benzene rings is 2. The lowest BCUT2D eigenvalue weighted by atomic mass is 10.2. The second kappa shape index (κ2) is 8.37. The zero-order valence-electron chi connectivity index (χ0n) is 15.0. The van der Waals surface area contributed by atoms with Gasteiger partial charge in [-0.15, -0.1) is 0 Å². The smallest absolute Gasteiger partial charge is 0.321 e. The number of aryl methyl sites for hydroxylation is 2. The van der Waals surface area contributed by atoms with Crippen molar-refractivity contribution in [2.24, 2.45) is 0 Å². The second-order valence-corrected chi connectivity index (χ2v) is 7.37. The van der Waals surface area contributed by atoms with Crippen LogP contribution in [0.15, 0.2) is 42.5 Å². The number of hydrogen-bond donors (Lipinski definition) is 3. The van der Waals surface area contributed by atoms with E-state index in [-0.39, 0.29) is 11.0 Å². The standard InChI is InChI=1S/C19H16ClFN4O2S/c1-10-3-4-12(20)9-15(10)24-17(26)16-11(2)22-19(28-16)25-18(27)23-14-7-5-13(21)6-8-14/h3-9H,1-2H3,(H,24,26)(H2,22,23,25,27). The van der Waals surface area contributed by atoms with Gasteiger partial charge in [0, 0.05) is 16.4 Å². The minimum atomic E-state index is -0.544. The molecule has 0 aliphatic rings. The van der Waals surface area contributed by atoms with Gasteiger partial charge in [-0.05, 0) is 55.8 Å². The van der Waals surface area contributed by atoms with E-state index in [0.717, 1.165) is 16.9 Å². The average Bonchev–Trinajstić information content (AvgIpc) is 3.00. The minimum Gasteiger partial charge on any atom is -0.321 e. The van der Waals surface area contributed by atoms with Crippen molar-refractivity contribution in [2.75, 3.05) is 16.0 Å². The molecule has 3 rings (SSSR count). The fraction of sp³-hybridized carbons (Fsp3) is 0.105. The van der Waals surface area contributed by atoms with Gasteiger partial charge in [-0.1, -0.05) is 29.0 Å². The second-order valence-electron chi connectivity index (χ2n) is 5.93. The molecule has 0 unspecified atom stereocenters. The van der Waals surface area contributed by atoms with Crippen molar-refractivity contribution in [3.8, 4) is 0 Å². The van der Waals surface area contributed by atoms with Crippen molar-refractivity contribution < 1.29 is 14.0 Å². The van der Waals surface area contributed by atoms with Crippen LogP contribution in [0, 0.1) is 19.7 Å². The molecule has 0 aliphatic heterocycles. The molecule has 0 spiro atoms. The molecule has 6 nitrogen and oxygen atoms in total. The van der Waals surface area contributed by atoms with E-state index < -0.39 is 11.8 Å². The maximum Gasteiger partial charge on any atom is 0.325 e. The molecule has 1 aromatic heterocycles. The van der Waals surface area contributed by atoms with Crippen molar-refractivity contribution in [1.29, 1.82) is 0 Å². The predicted molar refractivity (Wildman–Crippen MR) is 110 cm³/mol. The third-order valence-corrected chi connectivity index (χ3v) is 5.08. The number of rotatable bonds is 4. The summed E-state index contributed by atoms with van der Waals surface area (Å²) in [6.07, 6.45) is 0. The Morgan fingerprint density at radius 3 is 2.46 bits per heavy atom. The van der Waals surface area contributed by atoms with Gasteiger partial charge in [0.1, 0.15) is 10.7 Å². The fourth-order valence-electron chi connectivity index (χ4n) is 2.36. The number of urea groups is 1. The van der Waals surface area contributed by atoms with Crippen LogP contribution in [0.2, 0.25) is 5.02 Å². The highest BCUT2D eigenvalue weighted by Gasteiger charge is 2.17. The first-order valence-corrected chi connectivity index (χ1v) is 9.40. The Morgan fingerprint density at radius 2 is 1.75 bits per heavy atom. The molecule has 144 valence electrons. The van der Waals surface area contributed by atoms with E-state index in [4.69, 9.17) is 11.6 Å². The first-order valence-electron chi connectivity index (χ1n) is 8.20. The molecular formula is C19H16ClFN4O2S. The summed E-state index contributed by atoms with van der Waals surface area (Å²) in [5.41, 5.74) is 2.40. The highest BCUT2D eigenvalue weighted by Crippen LogP contribution is 2.26. The summed E-state index contributed by atoms with van der Waals surface area (Å²) in [6, 6.07) is 10.0. The molecule has 0 fully saturated rings. The van der Waals surface area contributed by atoms with Crippen molar-refractivity contribution >= 4 is 51.4 Å². The largest absolute Gasteiger partial charge is 0.325 e. The van der Waals surface area contributed by atoms with Gasteiger partial charge in [0.05, 0.1) is 5.69 Å². The number of thiazole rings is 1. The van der Waals surface area contributed by atoms with Crippen LogP contribution in [0.1, 0.15) is 20.9 Å². The number of nitrogens with zero attached hydrogens (tertiary/aromatic N) is 1. The number of hydrogen-bond acceptors (Lipinski definition) is 4. The van der Waals surface area contributed by atoms with Crippen LogP contribution in [-0.4, -0.2) is 16.9 Å². The van der Waals surface area contributed by atoms with Crippen LogP contribution >= 0.6 is 22.9 Å². The third kappa shape index (κ3) is 4.85. The SMILES string of the molecule is Cc1ccc(Cl)cc1NC(=O)c1sc(NC(=O)Nc2ccc(F)cc2)nc1C. The quantitative estimate of drug-likeness (QED) is 0.526. The Balaban J connectivity index is 1.68. The molecule has 3 aromatic rings. The number of carbonyl (C=O) groups is 2. The van der Waals surface area contributed by atoms with E-state index in [1.165, 1.54) is 24.3 Å². The van der Waals surface area contributed by atoms with Crippen LogP contribution in [-0.2, 0) is 0 Å². The van der Waals surface area contributed by atoms with Crippen LogP contribution in [0.4, 0.5) is 25.7 Å². The molecular weight excluding hydrogens is 403 g/mol. The van der Waals surface area contributed by atoms with E-state index in [0.29, 0.717) is 27.0 Å². The molecule has 0 radical (unpaired) electrons. The van der Waals surface area contributed by atoms with Crippen molar-refractivity contribution in [3.63, 3.8) is 0 Å². The third-order valence-electron chi connectivity index (χ3n) is 3.77. The molecule has 3 N–H and O–H groups in total. The van der Waals surface area contributed by atoms with E-state index in [2.05, 4.69) is 20.9 Å². The lowest BCUT2D eigenvalue weighted by molar-refractivity contribution is 0.102. The molecule has 0 aliphatic carbocycles. The highest BCUT2D eigenvalue weighted by atomic mass is 35.5. The van der Waals surface area contributed by atoms with Gasteiger partial charge in [-0.3, -0.25) is 10.1 Å². The highest BCUT2D eigenvalue weighted by molar-refractivity contribution is 7.17. The maximum absolute atomic E-state index is 12.9. The summed E-state index contributed by atoms with van der Waals surface area (Å²) >= 11 is 7.03. The molecule has 2 aromatic carbocycles. The Hall–Kier alpha value is -2.97. The number of carbonyl (C=O) groups excluding carboxylic acids is 2. The normalized spacial score (nSPS) is 10.4. The van der Waals surface area contributed by atoms with E-state index >= 15 is 0 Å². The van der Waals surface area contributed by atoms with E-state index in [1.54, 1.807) is 19.1 Å². The van der Waals surface area contributed by atoms with Crippen molar-refractivity contribution in [2.45, 2.75) is 13.8 Å². The molecule has 1 heterocycles. The minimum absolute atomic E-state index is 0.269. The molecule has 28 heavy (non-hydrogen) atoms. The fourth-order valence-corrected chi connectivity index (χ4v) is 3.39. The molecule has 9 heteroatoms. The van der Waals surface area contributed by atoms with Gasteiger partial charge in [-0.25, -0.2) is 14.2 Å². The van der Waals surface area contributed by atoms with Crippen LogP contribution in [0.3, 0.4) is 0 Å². The lowest BCUT2D eigenvalue weighted by Gasteiger charge is -2.08. The van der Waals surface area contributed by atoms with Gasteiger partial charge >= 0.3 is 6.03 Å². The predicted octanol–water partition coefficient (Wildman–Crippen LogP) is 5.45. The molecule has 0 saturated heterocycles. The Morgan fingerprint density at radius 1 is 1.04 bits per heavy atom. The number of nitrogens with one attached hydrogen (secondary N) is 3. The van der Waals surface area contributed by atoms with Gasteiger partial charge in [-0.2, -0.15) is 0 Å². The summed E-state index contributed by atoms with van der Waals surface area (Å²) in [7, 11) is 0. The van der Waals surface area contributed by atoms with Gasteiger partial charge in [0.2, 0.25) is 0 Å². The maximum atomic E-state index is 12.9. The van der Waals surface area contributed by atoms with Crippen molar-refractivity contribution in [3.05, 3.63) is 69.4 Å². The first-order chi connectivity index (χ1) is 13.3. The number of anilines is 3. The zero-order valence-corrected chi connectivity index (χ0v) is 16.5. The number of aromatic nitrogens is 1. The monoisotopic (exact) mass is 418 g/mol. The lowest BCUT2D eigenvalue weighted by Crippen LogP contribution is -2.19. The Kier molecular flexibility index (Phi) is 5.91. The summed E-state index contributed by atoms with van der Waals surface area (Å²) in [6.45, 7) is 3.54. The Bertz CT molecular complexity index is 1040. The molecule has 0 atom stereocenters. The van der Waals surface area contributed by atoms with E-state index in [9.17, 15) is 14.0 Å². The summed E-state index contributed by atoms with van der Waals surface area (Å²) in [5.74, 6) is -0.737. The number of amides is 3. The van der Waals surface area contributed by atoms with Gasteiger partial charge in [0.15, 0.2) is 5.13 Å². The summed E-state index contributed by atoms with van der Waals surface area (Å²) < 4.78 is 12.9. The van der Waals surface area contributed by atoms with Gasteiger partial charge in [0.25, 0.3) is 5.91 Å². The van der Waals surface area contributed by atoms with Crippen LogP contribution < -0.4 is 16.0 Å². The summed E-state index contributed by atoms with van der Waals surface area (Å²) in [4.78, 5) is 29.2. The van der Waals surface area contributed by atoms with E-state index in [1.807, 2.05) is 13.0 Å². The molecule has 0 saturated carbocycles. The van der Waals surface area contributed by atoms with Crippen molar-refractivity contribution in [1.82, 2.24) is 4.98 Å². The average molecular weight is 419 g/mol. The van der Waals surface area contributed by atoms with Crippen LogP contribution in [0.5, 0.6) is 0 Å². The Labute approximate surface area is 169 Å². The topological polar surface area (TPSA) is 83.1 Å². The van der Waals surface area contributed by atoms with Crippen LogP contribution in [0.25, 0.3) is 0 Å². The molecule has 3 amide bonds. The van der Waals surface area contributed by atoms with Gasteiger partial charge < -0.3 is 10.6 Å². The summed E-state index contributed by atoms with van der Waals surface area (Å²) in [5, 5.41) is 8.72. The first kappa shape index (κ1) is 19.8.